The molecule has 3 N–H and O–H groups in total. The molecule has 0 saturated heterocycles. The van der Waals surface area contributed by atoms with E-state index in [1.165, 1.54) is 24.0 Å². The fourth-order valence-corrected chi connectivity index (χ4v) is 4.34. The molecule has 1 aliphatic heterocycles. The number of benzene rings is 1. The molecule has 0 spiro atoms. The molecular weight excluding hydrogens is 442 g/mol. The fraction of sp³-hybridized carbons (Fsp3) is 0.318. The summed E-state index contributed by atoms with van der Waals surface area (Å²) in [6.45, 7) is 1.38. The molecule has 2 aliphatic rings. The van der Waals surface area contributed by atoms with E-state index in [0.29, 0.717) is 13.1 Å². The van der Waals surface area contributed by atoms with Gasteiger partial charge in [-0.05, 0) is 23.1 Å². The number of fused-ring (bicyclic) bond motifs is 2. The molecule has 174 valence electrons. The molecule has 3 heterocycles. The smallest absolute Gasteiger partial charge is 0.356 e. The first-order valence-electron chi connectivity index (χ1n) is 10.6. The number of amides is 1. The fourth-order valence-electron chi connectivity index (χ4n) is 4.34. The number of ketones is 2. The van der Waals surface area contributed by atoms with E-state index in [9.17, 15) is 19.2 Å². The zero-order valence-corrected chi connectivity index (χ0v) is 18.2. The molecule has 1 saturated carbocycles. The van der Waals surface area contributed by atoms with E-state index in [0.717, 1.165) is 23.1 Å². The van der Waals surface area contributed by atoms with Crippen LogP contribution < -0.4 is 11.1 Å². The van der Waals surface area contributed by atoms with Gasteiger partial charge in [-0.15, -0.1) is 0 Å². The molecule has 1 aromatic carbocycles. The minimum Gasteiger partial charge on any atom is -0.464 e. The van der Waals surface area contributed by atoms with Crippen molar-refractivity contribution in [3.8, 4) is 0 Å². The first-order valence-corrected chi connectivity index (χ1v) is 10.6. The molecular formula is C22H21N7O5. The van der Waals surface area contributed by atoms with Crippen LogP contribution in [0.5, 0.6) is 0 Å². The van der Waals surface area contributed by atoms with Crippen molar-refractivity contribution in [3.05, 3.63) is 58.7 Å². The molecule has 1 fully saturated rings. The summed E-state index contributed by atoms with van der Waals surface area (Å²) in [5.74, 6) is -2.00. The Morgan fingerprint density at radius 2 is 2.03 bits per heavy atom. The van der Waals surface area contributed by atoms with Crippen LogP contribution in [0.4, 0.5) is 0 Å². The molecule has 34 heavy (non-hydrogen) atoms. The van der Waals surface area contributed by atoms with Crippen molar-refractivity contribution < 1.29 is 23.9 Å². The van der Waals surface area contributed by atoms with Crippen LogP contribution >= 0.6 is 0 Å². The van der Waals surface area contributed by atoms with Crippen LogP contribution in [0.25, 0.3) is 5.78 Å². The average molecular weight is 463 g/mol. The number of nitrogens with one attached hydrogen (secondary N) is 1. The number of carbonyl (C=O) groups excluding carboxylic acids is 4. The molecule has 2 unspecified atom stereocenters. The van der Waals surface area contributed by atoms with Gasteiger partial charge in [-0.3, -0.25) is 19.3 Å². The lowest BCUT2D eigenvalue weighted by molar-refractivity contribution is -0.150. The van der Waals surface area contributed by atoms with Crippen molar-refractivity contribution in [3.63, 3.8) is 0 Å². The highest BCUT2D eigenvalue weighted by atomic mass is 16.5. The molecule has 2 aromatic heterocycles. The number of nitrogens with zero attached hydrogens (tertiary/aromatic N) is 5. The van der Waals surface area contributed by atoms with Crippen molar-refractivity contribution >= 4 is 29.2 Å². The number of esters is 1. The van der Waals surface area contributed by atoms with E-state index < -0.39 is 35.5 Å². The topological polar surface area (TPSA) is 162 Å². The van der Waals surface area contributed by atoms with Crippen LogP contribution in [0.3, 0.4) is 0 Å². The summed E-state index contributed by atoms with van der Waals surface area (Å²) in [5, 5.41) is 6.72. The number of nitrogens with two attached hydrogens (primary N) is 1. The van der Waals surface area contributed by atoms with E-state index in [2.05, 4.69) is 20.4 Å². The predicted molar refractivity (Wildman–Crippen MR) is 116 cm³/mol. The second-order valence-corrected chi connectivity index (χ2v) is 8.20. The summed E-state index contributed by atoms with van der Waals surface area (Å²) in [6, 6.07) is 5.86. The number of carbonyl (C=O) groups is 4. The predicted octanol–water partition coefficient (Wildman–Crippen LogP) is -0.953. The number of hydrogen-bond acceptors (Lipinski definition) is 10. The van der Waals surface area contributed by atoms with Crippen LogP contribution in [-0.4, -0.2) is 73.7 Å². The number of aromatic nitrogens is 4. The Bertz CT molecular complexity index is 1350. The standard InChI is InChI=1S/C22H21N7O5/c1-34-21(33)15-7-14(27-22-25-10-26-29(15)22)20(32)24-8-11-2-3-12-4-5-28(9-13(12)6-11)17-16(23)18(30)19(17)31/h2-3,6-7,10,16-17H,4-5,8-9,23H2,1H3,(H,24,32). The first-order chi connectivity index (χ1) is 16.4. The van der Waals surface area contributed by atoms with Crippen LogP contribution in [0.2, 0.25) is 0 Å². The van der Waals surface area contributed by atoms with Gasteiger partial charge in [-0.1, -0.05) is 18.2 Å². The molecule has 1 aliphatic carbocycles. The van der Waals surface area contributed by atoms with Crippen molar-refractivity contribution in [2.75, 3.05) is 13.7 Å². The quantitative estimate of drug-likeness (QED) is 0.356. The molecule has 2 atom stereocenters. The van der Waals surface area contributed by atoms with E-state index in [-0.39, 0.29) is 23.7 Å². The summed E-state index contributed by atoms with van der Waals surface area (Å²) in [7, 11) is 1.23. The Hall–Kier alpha value is -4.03. The number of Topliss-reactive ketones (excluding diaryl/α,β-unsaturated/α-hetero) is 2. The lowest BCUT2D eigenvalue weighted by atomic mass is 9.81. The third-order valence-electron chi connectivity index (χ3n) is 6.19. The molecule has 12 nitrogen and oxygen atoms in total. The Kier molecular flexibility index (Phi) is 5.38. The Morgan fingerprint density at radius 1 is 1.21 bits per heavy atom. The number of ether oxygens (including phenoxy) is 1. The van der Waals surface area contributed by atoms with Gasteiger partial charge in [0.25, 0.3) is 11.7 Å². The highest BCUT2D eigenvalue weighted by molar-refractivity contribution is 6.48. The number of rotatable bonds is 5. The van der Waals surface area contributed by atoms with Gasteiger partial charge in [0.05, 0.1) is 19.2 Å². The molecule has 0 bridgehead atoms. The van der Waals surface area contributed by atoms with E-state index in [1.807, 2.05) is 23.1 Å². The Labute approximate surface area is 193 Å². The maximum atomic E-state index is 12.8. The lowest BCUT2D eigenvalue weighted by Crippen LogP contribution is -2.69. The largest absolute Gasteiger partial charge is 0.464 e. The maximum absolute atomic E-state index is 12.8. The third-order valence-corrected chi connectivity index (χ3v) is 6.19. The van der Waals surface area contributed by atoms with E-state index in [1.54, 1.807) is 0 Å². The van der Waals surface area contributed by atoms with E-state index in [4.69, 9.17) is 10.5 Å². The number of hydrogen-bond donors (Lipinski definition) is 2. The summed E-state index contributed by atoms with van der Waals surface area (Å²) in [4.78, 5) is 58.3. The SMILES string of the molecule is COC(=O)c1cc(C(=O)NCc2ccc3c(c2)CN(C2C(=O)C(=O)C2N)CC3)nc2ncnn12. The van der Waals surface area contributed by atoms with Crippen molar-refractivity contribution in [2.45, 2.75) is 31.6 Å². The van der Waals surface area contributed by atoms with Gasteiger partial charge in [-0.25, -0.2) is 9.78 Å². The Balaban J connectivity index is 1.30. The average Bonchev–Trinajstić information content (AvgIpc) is 3.34. The van der Waals surface area contributed by atoms with Gasteiger partial charge in [0, 0.05) is 25.7 Å². The first kappa shape index (κ1) is 21.8. The van der Waals surface area contributed by atoms with Gasteiger partial charge < -0.3 is 15.8 Å². The van der Waals surface area contributed by atoms with Gasteiger partial charge in [-0.2, -0.15) is 14.6 Å². The van der Waals surface area contributed by atoms with Crippen LogP contribution in [0.1, 0.15) is 37.7 Å². The van der Waals surface area contributed by atoms with Crippen molar-refractivity contribution in [2.24, 2.45) is 5.73 Å². The highest BCUT2D eigenvalue weighted by Gasteiger charge is 2.50. The number of methoxy groups -OCH3 is 1. The Morgan fingerprint density at radius 3 is 2.79 bits per heavy atom. The molecule has 5 rings (SSSR count). The zero-order chi connectivity index (χ0) is 24.0. The van der Waals surface area contributed by atoms with Crippen LogP contribution in [-0.2, 0) is 33.8 Å². The summed E-state index contributed by atoms with van der Waals surface area (Å²) < 4.78 is 5.95. The monoisotopic (exact) mass is 463 g/mol. The summed E-state index contributed by atoms with van der Waals surface area (Å²) in [6.07, 6.45) is 1.97. The minimum atomic E-state index is -0.762. The molecule has 12 heteroatoms. The van der Waals surface area contributed by atoms with Crippen LogP contribution in [0.15, 0.2) is 30.6 Å². The maximum Gasteiger partial charge on any atom is 0.356 e. The minimum absolute atomic E-state index is 0.00665. The van der Waals surface area contributed by atoms with E-state index >= 15 is 0 Å². The van der Waals surface area contributed by atoms with Gasteiger partial charge >= 0.3 is 5.97 Å². The normalized spacial score (nSPS) is 20.1. The second-order valence-electron chi connectivity index (χ2n) is 8.20. The third kappa shape index (κ3) is 3.62. The van der Waals surface area contributed by atoms with Gasteiger partial charge in [0.15, 0.2) is 5.69 Å². The zero-order valence-electron chi connectivity index (χ0n) is 18.2. The van der Waals surface area contributed by atoms with Gasteiger partial charge in [0.1, 0.15) is 12.0 Å². The molecule has 1 amide bonds. The second kappa shape index (κ2) is 8.39. The highest BCUT2D eigenvalue weighted by Crippen LogP contribution is 2.26. The van der Waals surface area contributed by atoms with Crippen molar-refractivity contribution in [1.29, 1.82) is 0 Å². The van der Waals surface area contributed by atoms with Crippen molar-refractivity contribution in [1.82, 2.24) is 29.8 Å². The molecule has 3 aromatic rings. The lowest BCUT2D eigenvalue weighted by Gasteiger charge is -2.41. The van der Waals surface area contributed by atoms with Crippen LogP contribution in [0, 0.1) is 0 Å². The summed E-state index contributed by atoms with van der Waals surface area (Å²) >= 11 is 0. The molecule has 0 radical (unpaired) electrons. The van der Waals surface area contributed by atoms with Gasteiger partial charge in [0.2, 0.25) is 11.6 Å². The summed E-state index contributed by atoms with van der Waals surface area (Å²) in [5.41, 5.74) is 8.90.